The number of ketones is 2. The second-order valence-corrected chi connectivity index (χ2v) is 10.5. The van der Waals surface area contributed by atoms with Gasteiger partial charge < -0.3 is 5.11 Å². The fourth-order valence-electron chi connectivity index (χ4n) is 6.63. The van der Waals surface area contributed by atoms with Gasteiger partial charge in [0.2, 0.25) is 11.8 Å². The Kier molecular flexibility index (Phi) is 5.50. The number of amides is 2. The maximum absolute atomic E-state index is 13.9. The molecule has 0 aromatic heterocycles. The summed E-state index contributed by atoms with van der Waals surface area (Å²) in [6, 6.07) is 10.5. The summed E-state index contributed by atoms with van der Waals surface area (Å²) in [5.41, 5.74) is 2.88. The van der Waals surface area contributed by atoms with Gasteiger partial charge in [0, 0.05) is 40.3 Å². The molecule has 2 amide bonds. The van der Waals surface area contributed by atoms with Gasteiger partial charge in [-0.2, -0.15) is 0 Å². The number of hydrogen-bond acceptors (Lipinski definition) is 7. The van der Waals surface area contributed by atoms with Crippen LogP contribution in [-0.4, -0.2) is 33.4 Å². The number of aromatic hydroxyl groups is 1. The Labute approximate surface area is 223 Å². The monoisotopic (exact) mass is 524 g/mol. The smallest absolute Gasteiger partial charge is 0.269 e. The zero-order valence-electron chi connectivity index (χ0n) is 21.2. The lowest BCUT2D eigenvalue weighted by molar-refractivity contribution is -0.384. The van der Waals surface area contributed by atoms with Crippen LogP contribution in [0.5, 0.6) is 5.75 Å². The number of aryl methyl sites for hydroxylation is 1. The fraction of sp³-hybridized carbons (Fsp3) is 0.267. The van der Waals surface area contributed by atoms with Crippen molar-refractivity contribution in [2.75, 3.05) is 4.90 Å². The van der Waals surface area contributed by atoms with Gasteiger partial charge in [0.25, 0.3) is 5.69 Å². The second kappa shape index (κ2) is 8.69. The molecule has 2 aromatic carbocycles. The van der Waals surface area contributed by atoms with Crippen molar-refractivity contribution in [2.24, 2.45) is 17.8 Å². The van der Waals surface area contributed by atoms with Gasteiger partial charge >= 0.3 is 0 Å². The average molecular weight is 525 g/mol. The van der Waals surface area contributed by atoms with Crippen molar-refractivity contribution in [2.45, 2.75) is 32.6 Å². The number of allylic oxidation sites excluding steroid dienone is 6. The van der Waals surface area contributed by atoms with Crippen molar-refractivity contribution in [1.82, 2.24) is 0 Å². The molecule has 0 spiro atoms. The molecule has 9 heteroatoms. The van der Waals surface area contributed by atoms with Gasteiger partial charge in [-0.05, 0) is 56.4 Å². The van der Waals surface area contributed by atoms with Gasteiger partial charge in [-0.15, -0.1) is 0 Å². The Hall–Kier alpha value is -4.66. The lowest BCUT2D eigenvalue weighted by Crippen LogP contribution is -2.39. The van der Waals surface area contributed by atoms with E-state index in [1.165, 1.54) is 30.3 Å². The van der Waals surface area contributed by atoms with Crippen LogP contribution >= 0.6 is 0 Å². The van der Waals surface area contributed by atoms with Gasteiger partial charge in [-0.25, -0.2) is 0 Å². The van der Waals surface area contributed by atoms with E-state index in [9.17, 15) is 34.4 Å². The molecule has 0 bridgehead atoms. The summed E-state index contributed by atoms with van der Waals surface area (Å²) in [5.74, 6) is -4.08. The molecule has 1 aliphatic heterocycles. The van der Waals surface area contributed by atoms with E-state index in [-0.39, 0.29) is 41.5 Å². The number of benzene rings is 2. The normalized spacial score (nSPS) is 26.2. The molecule has 4 atom stereocenters. The van der Waals surface area contributed by atoms with E-state index >= 15 is 0 Å². The van der Waals surface area contributed by atoms with Crippen LogP contribution in [0.15, 0.2) is 76.9 Å². The van der Waals surface area contributed by atoms with Crippen molar-refractivity contribution in [1.29, 1.82) is 0 Å². The molecule has 4 aliphatic rings. The van der Waals surface area contributed by atoms with E-state index in [4.69, 9.17) is 0 Å². The summed E-state index contributed by atoms with van der Waals surface area (Å²) < 4.78 is 0. The number of nitro groups is 1. The Morgan fingerprint density at radius 1 is 0.974 bits per heavy atom. The third kappa shape index (κ3) is 3.53. The van der Waals surface area contributed by atoms with Crippen LogP contribution in [-0.2, 0) is 19.2 Å². The van der Waals surface area contributed by atoms with E-state index < -0.39 is 40.4 Å². The molecule has 0 radical (unpaired) electrons. The van der Waals surface area contributed by atoms with Crippen LogP contribution in [0.3, 0.4) is 0 Å². The number of Topliss-reactive ketones (excluding diaryl/α,β-unsaturated/α-hetero) is 1. The molecule has 0 saturated carbocycles. The van der Waals surface area contributed by atoms with E-state index in [0.717, 1.165) is 10.5 Å². The fourth-order valence-corrected chi connectivity index (χ4v) is 6.63. The average Bonchev–Trinajstić information content (AvgIpc) is 3.17. The molecule has 1 heterocycles. The number of para-hydroxylation sites is 1. The van der Waals surface area contributed by atoms with Crippen LogP contribution < -0.4 is 4.90 Å². The van der Waals surface area contributed by atoms with Gasteiger partial charge in [-0.1, -0.05) is 29.8 Å². The van der Waals surface area contributed by atoms with Gasteiger partial charge in [-0.3, -0.25) is 34.2 Å². The first-order valence-electron chi connectivity index (χ1n) is 12.7. The summed E-state index contributed by atoms with van der Waals surface area (Å²) in [6.07, 6.45) is 3.60. The Morgan fingerprint density at radius 3 is 2.38 bits per heavy atom. The van der Waals surface area contributed by atoms with Crippen LogP contribution in [0.1, 0.15) is 36.8 Å². The predicted molar refractivity (Wildman–Crippen MR) is 140 cm³/mol. The van der Waals surface area contributed by atoms with E-state index in [1.54, 1.807) is 32.0 Å². The number of non-ortho nitro benzene ring substituents is 1. The molecule has 2 aromatic rings. The van der Waals surface area contributed by atoms with Crippen LogP contribution in [0, 0.1) is 34.8 Å². The molecule has 1 fully saturated rings. The lowest BCUT2D eigenvalue weighted by Gasteiger charge is -2.42. The second-order valence-electron chi connectivity index (χ2n) is 10.5. The molecule has 9 nitrogen and oxygen atoms in total. The topological polar surface area (TPSA) is 135 Å². The lowest BCUT2D eigenvalue weighted by atomic mass is 9.59. The molecule has 6 rings (SSSR count). The summed E-state index contributed by atoms with van der Waals surface area (Å²) >= 11 is 0. The van der Waals surface area contributed by atoms with E-state index in [2.05, 4.69) is 0 Å². The van der Waals surface area contributed by atoms with Crippen molar-refractivity contribution < 1.29 is 29.2 Å². The van der Waals surface area contributed by atoms with Gasteiger partial charge in [0.05, 0.1) is 22.4 Å². The first kappa shape index (κ1) is 24.7. The van der Waals surface area contributed by atoms with Crippen LogP contribution in [0.4, 0.5) is 11.4 Å². The predicted octanol–water partition coefficient (Wildman–Crippen LogP) is 4.24. The minimum absolute atomic E-state index is 0.0193. The number of rotatable bonds is 3. The third-order valence-electron chi connectivity index (χ3n) is 8.46. The summed E-state index contributed by atoms with van der Waals surface area (Å²) in [7, 11) is 0. The van der Waals surface area contributed by atoms with Crippen molar-refractivity contribution >= 4 is 34.8 Å². The number of phenolic OH excluding ortho intramolecular Hbond substituents is 1. The zero-order valence-corrected chi connectivity index (χ0v) is 21.2. The number of carbonyl (C=O) groups is 4. The number of imide groups is 1. The zero-order chi connectivity index (χ0) is 27.7. The quantitative estimate of drug-likeness (QED) is 0.209. The highest BCUT2D eigenvalue weighted by molar-refractivity contribution is 6.25. The highest BCUT2D eigenvalue weighted by Gasteiger charge is 2.56. The largest absolute Gasteiger partial charge is 0.507 e. The number of anilines is 1. The Morgan fingerprint density at radius 2 is 1.69 bits per heavy atom. The van der Waals surface area contributed by atoms with Crippen molar-refractivity contribution in [3.63, 3.8) is 0 Å². The van der Waals surface area contributed by atoms with Crippen LogP contribution in [0.2, 0.25) is 0 Å². The summed E-state index contributed by atoms with van der Waals surface area (Å²) in [6.45, 7) is 3.33. The number of carbonyl (C=O) groups excluding carboxylic acids is 4. The maximum Gasteiger partial charge on any atom is 0.269 e. The standard InChI is InChI=1S/C30H24N2O7/c1-14-4-3-5-19(27(14)34)24-18-10-11-20-25(21(18)13-22-26(24)23(33)12-15(2)28(22)35)30(37)31(29(20)36)16-6-8-17(9-7-16)32(38)39/h3-10,12,20-21,24-25,34H,11,13H2,1-2H3/t20-,21+,24+,25-/m0/s1. The Balaban J connectivity index is 1.47. The molecular weight excluding hydrogens is 500 g/mol. The van der Waals surface area contributed by atoms with Gasteiger partial charge in [0.1, 0.15) is 5.75 Å². The van der Waals surface area contributed by atoms with Crippen LogP contribution in [0.25, 0.3) is 0 Å². The number of hydrogen-bond donors (Lipinski definition) is 1. The summed E-state index contributed by atoms with van der Waals surface area (Å²) in [5, 5.41) is 22.1. The molecular formula is C30H24N2O7. The van der Waals surface area contributed by atoms with Crippen molar-refractivity contribution in [3.05, 3.63) is 98.2 Å². The highest BCUT2D eigenvalue weighted by Crippen LogP contribution is 2.56. The van der Waals surface area contributed by atoms with E-state index in [0.29, 0.717) is 27.8 Å². The SMILES string of the molecule is CC1=CC(=O)C2=C(C[C@@H]3C(=CC[C@@H]4C(=O)N(c5ccc([N+](=O)[O-])cc5)C(=O)[C@@H]43)[C@@H]2c2cccc(C)c2O)C1=O. The number of nitro benzene ring substituents is 1. The van der Waals surface area contributed by atoms with Crippen molar-refractivity contribution in [3.8, 4) is 5.75 Å². The number of fused-ring (bicyclic) bond motifs is 3. The molecule has 196 valence electrons. The van der Waals surface area contributed by atoms with Gasteiger partial charge in [0.15, 0.2) is 11.6 Å². The minimum atomic E-state index is -0.773. The maximum atomic E-state index is 13.9. The number of nitrogens with zero attached hydrogens (tertiary/aromatic N) is 2. The molecule has 0 unspecified atom stereocenters. The minimum Gasteiger partial charge on any atom is -0.507 e. The molecule has 1 saturated heterocycles. The summed E-state index contributed by atoms with van der Waals surface area (Å²) in [4.78, 5) is 65.6. The van der Waals surface area contributed by atoms with E-state index in [1.807, 2.05) is 6.08 Å². The molecule has 39 heavy (non-hydrogen) atoms. The molecule has 1 N–H and O–H groups in total. The number of phenols is 1. The Bertz CT molecular complexity index is 1610. The third-order valence-corrected chi connectivity index (χ3v) is 8.46. The highest BCUT2D eigenvalue weighted by atomic mass is 16.6. The molecule has 3 aliphatic carbocycles. The first-order chi connectivity index (χ1) is 18.6. The first-order valence-corrected chi connectivity index (χ1v) is 12.7.